The predicted molar refractivity (Wildman–Crippen MR) is 109 cm³/mol. The van der Waals surface area contributed by atoms with Crippen molar-refractivity contribution in [1.29, 1.82) is 0 Å². The normalized spacial score (nSPS) is 20.7. The van der Waals surface area contributed by atoms with Gasteiger partial charge in [0, 0.05) is 25.3 Å². The number of ether oxygens (including phenoxy) is 1. The zero-order chi connectivity index (χ0) is 20.7. The second-order valence-electron chi connectivity index (χ2n) is 7.28. The van der Waals surface area contributed by atoms with Crippen molar-refractivity contribution in [1.82, 2.24) is 20.0 Å². The number of nitrogens with one attached hydrogen (secondary N) is 1. The van der Waals surface area contributed by atoms with Crippen LogP contribution in [0.25, 0.3) is 11.3 Å². The summed E-state index contributed by atoms with van der Waals surface area (Å²) in [5, 5.41) is 8.34. The van der Waals surface area contributed by atoms with Crippen LogP contribution in [-0.4, -0.2) is 52.4 Å². The van der Waals surface area contributed by atoms with E-state index in [9.17, 15) is 9.59 Å². The molecular formula is C19H21Cl2N5O3. The van der Waals surface area contributed by atoms with E-state index in [4.69, 9.17) is 33.7 Å². The van der Waals surface area contributed by atoms with E-state index in [1.165, 1.54) is 0 Å². The van der Waals surface area contributed by atoms with Gasteiger partial charge in [-0.05, 0) is 25.0 Å². The zero-order valence-corrected chi connectivity index (χ0v) is 17.3. The van der Waals surface area contributed by atoms with Gasteiger partial charge in [0.1, 0.15) is 5.69 Å². The lowest BCUT2D eigenvalue weighted by molar-refractivity contribution is 0.0187. The van der Waals surface area contributed by atoms with Crippen molar-refractivity contribution in [2.24, 2.45) is 5.73 Å². The predicted octanol–water partition coefficient (Wildman–Crippen LogP) is 2.66. The minimum absolute atomic E-state index is 0.113. The number of rotatable bonds is 4. The Labute approximate surface area is 177 Å². The number of hydrogen-bond acceptors (Lipinski definition) is 4. The average Bonchev–Trinajstić information content (AvgIpc) is 3.05. The van der Waals surface area contributed by atoms with Crippen molar-refractivity contribution in [2.75, 3.05) is 13.7 Å². The van der Waals surface area contributed by atoms with Gasteiger partial charge in [-0.2, -0.15) is 5.10 Å². The van der Waals surface area contributed by atoms with Gasteiger partial charge in [0.2, 0.25) is 0 Å². The smallest absolute Gasteiger partial charge is 0.318 e. The maximum absolute atomic E-state index is 12.6. The minimum Gasteiger partial charge on any atom is -0.381 e. The second kappa shape index (κ2) is 7.85. The van der Waals surface area contributed by atoms with Crippen LogP contribution in [0.3, 0.4) is 0 Å². The van der Waals surface area contributed by atoms with Gasteiger partial charge < -0.3 is 20.7 Å². The van der Waals surface area contributed by atoms with Crippen LogP contribution in [0.1, 0.15) is 28.9 Å². The van der Waals surface area contributed by atoms with E-state index in [0.717, 1.165) is 12.8 Å². The van der Waals surface area contributed by atoms with Crippen LogP contribution >= 0.6 is 23.2 Å². The first kappa shape index (κ1) is 20.0. The number of carbonyl (C=O) groups excluding carboxylic acids is 2. The summed E-state index contributed by atoms with van der Waals surface area (Å²) >= 11 is 12.1. The third-order valence-electron chi connectivity index (χ3n) is 5.46. The zero-order valence-electron chi connectivity index (χ0n) is 15.8. The molecule has 29 heavy (non-hydrogen) atoms. The molecule has 3 N–H and O–H groups in total. The van der Waals surface area contributed by atoms with E-state index in [0.29, 0.717) is 45.6 Å². The number of nitrogens with two attached hydrogens (primary N) is 1. The third kappa shape index (κ3) is 3.80. The first-order valence-corrected chi connectivity index (χ1v) is 10.1. The lowest BCUT2D eigenvalue weighted by Gasteiger charge is -2.37. The van der Waals surface area contributed by atoms with E-state index < -0.39 is 5.91 Å². The van der Waals surface area contributed by atoms with E-state index in [1.807, 2.05) is 0 Å². The maximum Gasteiger partial charge on any atom is 0.318 e. The summed E-state index contributed by atoms with van der Waals surface area (Å²) in [7, 11) is 1.67. The van der Waals surface area contributed by atoms with Crippen molar-refractivity contribution in [2.45, 2.75) is 38.1 Å². The summed E-state index contributed by atoms with van der Waals surface area (Å²) in [6, 6.07) is 4.99. The highest BCUT2D eigenvalue weighted by Crippen LogP contribution is 2.32. The van der Waals surface area contributed by atoms with Crippen molar-refractivity contribution in [3.8, 4) is 11.3 Å². The molecule has 8 nitrogen and oxygen atoms in total. The summed E-state index contributed by atoms with van der Waals surface area (Å²) in [5.74, 6) is -0.600. The molecule has 1 fully saturated rings. The quantitative estimate of drug-likeness (QED) is 0.766. The Morgan fingerprint density at radius 3 is 2.66 bits per heavy atom. The lowest BCUT2D eigenvalue weighted by atomic mass is 9.89. The molecule has 0 bridgehead atoms. The van der Waals surface area contributed by atoms with Gasteiger partial charge in [-0.3, -0.25) is 9.48 Å². The fraction of sp³-hybridized carbons (Fsp3) is 0.421. The highest BCUT2D eigenvalue weighted by Gasteiger charge is 2.34. The molecule has 1 aliphatic carbocycles. The molecule has 0 saturated heterocycles. The maximum atomic E-state index is 12.6. The molecule has 154 valence electrons. The summed E-state index contributed by atoms with van der Waals surface area (Å²) in [4.78, 5) is 26.5. The summed E-state index contributed by atoms with van der Waals surface area (Å²) in [6.07, 6.45) is 1.82. The van der Waals surface area contributed by atoms with Crippen LogP contribution in [0.4, 0.5) is 4.79 Å². The Balaban J connectivity index is 1.57. The van der Waals surface area contributed by atoms with Crippen LogP contribution < -0.4 is 11.1 Å². The SMILES string of the molecule is COC1CC(NC(=O)N2CCn3nc(-c4ccc(Cl)c(Cl)c4)c(C(N)=O)c3C2)C1. The highest BCUT2D eigenvalue weighted by molar-refractivity contribution is 6.42. The van der Waals surface area contributed by atoms with Gasteiger partial charge >= 0.3 is 6.03 Å². The molecule has 1 saturated carbocycles. The molecule has 2 aliphatic rings. The fourth-order valence-corrected chi connectivity index (χ4v) is 4.04. The van der Waals surface area contributed by atoms with Gasteiger partial charge in [-0.25, -0.2) is 4.79 Å². The van der Waals surface area contributed by atoms with Crippen LogP contribution in [0.2, 0.25) is 10.0 Å². The standard InChI is InChI=1S/C19H21Cl2N5O3/c1-29-12-7-11(8-12)23-19(28)25-4-5-26-15(9-25)16(18(22)27)17(24-26)10-2-3-13(20)14(21)6-10/h2-3,6,11-12H,4-5,7-9H2,1H3,(H2,22,27)(H,23,28). The highest BCUT2D eigenvalue weighted by atomic mass is 35.5. The van der Waals surface area contributed by atoms with Gasteiger partial charge in [-0.15, -0.1) is 0 Å². The molecule has 2 aromatic rings. The Kier molecular flexibility index (Phi) is 5.42. The Hall–Kier alpha value is -2.29. The van der Waals surface area contributed by atoms with E-state index in [2.05, 4.69) is 10.4 Å². The summed E-state index contributed by atoms with van der Waals surface area (Å²) in [6.45, 7) is 1.20. The lowest BCUT2D eigenvalue weighted by Crippen LogP contribution is -2.53. The number of fused-ring (bicyclic) bond motifs is 1. The van der Waals surface area contributed by atoms with Crippen molar-refractivity contribution in [3.63, 3.8) is 0 Å². The molecule has 0 atom stereocenters. The van der Waals surface area contributed by atoms with E-state index >= 15 is 0 Å². The molecule has 0 radical (unpaired) electrons. The number of hydrogen-bond donors (Lipinski definition) is 2. The van der Waals surface area contributed by atoms with E-state index in [-0.39, 0.29) is 24.7 Å². The number of carbonyl (C=O) groups is 2. The number of amides is 3. The molecule has 10 heteroatoms. The molecule has 1 aromatic heterocycles. The van der Waals surface area contributed by atoms with Gasteiger partial charge in [0.05, 0.1) is 40.5 Å². The van der Waals surface area contributed by atoms with Crippen LogP contribution in [0.5, 0.6) is 0 Å². The van der Waals surface area contributed by atoms with Crippen molar-refractivity contribution >= 4 is 35.1 Å². The Morgan fingerprint density at radius 1 is 1.24 bits per heavy atom. The van der Waals surface area contributed by atoms with Gasteiger partial charge in [0.15, 0.2) is 0 Å². The summed E-state index contributed by atoms with van der Waals surface area (Å²) < 4.78 is 6.98. The molecule has 2 heterocycles. The van der Waals surface area contributed by atoms with E-state index in [1.54, 1.807) is 34.9 Å². The minimum atomic E-state index is -0.600. The largest absolute Gasteiger partial charge is 0.381 e. The first-order chi connectivity index (χ1) is 13.9. The number of primary amides is 1. The third-order valence-corrected chi connectivity index (χ3v) is 6.20. The molecule has 3 amide bonds. The molecule has 4 rings (SSSR count). The molecule has 1 aromatic carbocycles. The Bertz CT molecular complexity index is 971. The molecule has 0 spiro atoms. The van der Waals surface area contributed by atoms with Crippen LogP contribution in [0.15, 0.2) is 18.2 Å². The topological polar surface area (TPSA) is 102 Å². The average molecular weight is 438 g/mol. The molecule has 1 aliphatic heterocycles. The van der Waals surface area contributed by atoms with Crippen LogP contribution in [0, 0.1) is 0 Å². The number of urea groups is 1. The number of methoxy groups -OCH3 is 1. The second-order valence-corrected chi connectivity index (χ2v) is 8.10. The Morgan fingerprint density at radius 2 is 2.00 bits per heavy atom. The monoisotopic (exact) mass is 437 g/mol. The number of nitrogens with zero attached hydrogens (tertiary/aromatic N) is 3. The summed E-state index contributed by atoms with van der Waals surface area (Å²) in [5.41, 5.74) is 7.66. The number of benzene rings is 1. The number of aromatic nitrogens is 2. The fourth-order valence-electron chi connectivity index (χ4n) is 3.74. The first-order valence-electron chi connectivity index (χ1n) is 9.30. The van der Waals surface area contributed by atoms with Crippen LogP contribution in [-0.2, 0) is 17.8 Å². The molecule has 0 unspecified atom stereocenters. The molecular weight excluding hydrogens is 417 g/mol. The number of halogens is 2. The van der Waals surface area contributed by atoms with Crippen molar-refractivity contribution < 1.29 is 14.3 Å². The van der Waals surface area contributed by atoms with Crippen molar-refractivity contribution in [3.05, 3.63) is 39.5 Å². The van der Waals surface area contributed by atoms with Gasteiger partial charge in [-0.1, -0.05) is 29.3 Å². The van der Waals surface area contributed by atoms with Gasteiger partial charge in [0.25, 0.3) is 5.91 Å².